The van der Waals surface area contributed by atoms with Gasteiger partial charge in [0.05, 0.1) is 5.82 Å². The van der Waals surface area contributed by atoms with E-state index in [2.05, 4.69) is 55.5 Å². The minimum atomic E-state index is -0.294. The minimum Gasteiger partial charge on any atom is -0.523 e. The molecule has 0 aromatic heterocycles. The quantitative estimate of drug-likeness (QED) is 0.457. The van der Waals surface area contributed by atoms with Crippen LogP contribution in [-0.2, 0) is 0 Å². The van der Waals surface area contributed by atoms with Crippen LogP contribution in [0.5, 0.6) is 11.5 Å². The minimum absolute atomic E-state index is 0.153. The summed E-state index contributed by atoms with van der Waals surface area (Å²) in [6.45, 7) is 2.11. The highest BCUT2D eigenvalue weighted by Gasteiger charge is 2.40. The average molecular weight is 346 g/mol. The molecule has 1 unspecified atom stereocenters. The van der Waals surface area contributed by atoms with E-state index < -0.39 is 0 Å². The second-order valence-electron chi connectivity index (χ2n) is 6.19. The zero-order chi connectivity index (χ0) is 17.1. The van der Waals surface area contributed by atoms with Crippen LogP contribution in [0.2, 0.25) is 0 Å². The molecule has 2 nitrogen and oxygen atoms in total. The van der Waals surface area contributed by atoms with Crippen molar-refractivity contribution in [1.82, 2.24) is 0 Å². The number of hydrogen-bond acceptors (Lipinski definition) is 3. The lowest BCUT2D eigenvalue weighted by Crippen LogP contribution is -2.34. The van der Waals surface area contributed by atoms with Crippen molar-refractivity contribution in [2.24, 2.45) is 0 Å². The molecular formula is C21H19BO2S. The van der Waals surface area contributed by atoms with Gasteiger partial charge in [-0.1, -0.05) is 60.2 Å². The van der Waals surface area contributed by atoms with Gasteiger partial charge in [-0.25, -0.2) is 0 Å². The normalized spacial score (nSPS) is 13.7. The Kier molecular flexibility index (Phi) is 4.71. The summed E-state index contributed by atoms with van der Waals surface area (Å²) in [6.07, 6.45) is 0. The summed E-state index contributed by atoms with van der Waals surface area (Å²) in [5, 5.41) is 0. The molecule has 0 fully saturated rings. The number of fused-ring (bicyclic) bond motifs is 1. The third kappa shape index (κ3) is 3.69. The van der Waals surface area contributed by atoms with Crippen LogP contribution in [0.4, 0.5) is 0 Å². The molecule has 0 saturated heterocycles. The number of benzene rings is 3. The number of rotatable bonds is 5. The summed E-state index contributed by atoms with van der Waals surface area (Å²) in [5.41, 5.74) is 2.52. The van der Waals surface area contributed by atoms with E-state index in [1.807, 2.05) is 42.1 Å². The number of hydrogen-bond donors (Lipinski definition) is 0. The molecule has 0 radical (unpaired) electrons. The first kappa shape index (κ1) is 16.2. The molecule has 0 N–H and O–H groups in total. The highest BCUT2D eigenvalue weighted by molar-refractivity contribution is 7.99. The lowest BCUT2D eigenvalue weighted by Gasteiger charge is -2.18. The van der Waals surface area contributed by atoms with E-state index in [4.69, 9.17) is 9.31 Å². The van der Waals surface area contributed by atoms with Crippen LogP contribution < -0.4 is 9.31 Å². The van der Waals surface area contributed by atoms with Crippen LogP contribution in [-0.4, -0.2) is 12.9 Å². The van der Waals surface area contributed by atoms with E-state index in [1.54, 1.807) is 0 Å². The maximum Gasteiger partial charge on any atom is 0.603 e. The van der Waals surface area contributed by atoms with Crippen LogP contribution in [0.25, 0.3) is 0 Å². The molecular weight excluding hydrogens is 327 g/mol. The van der Waals surface area contributed by atoms with Gasteiger partial charge in [0, 0.05) is 10.6 Å². The van der Waals surface area contributed by atoms with Crippen molar-refractivity contribution >= 4 is 18.9 Å². The summed E-state index contributed by atoms with van der Waals surface area (Å²) < 4.78 is 12.2. The van der Waals surface area contributed by atoms with Crippen molar-refractivity contribution in [3.8, 4) is 11.5 Å². The fourth-order valence-electron chi connectivity index (χ4n) is 2.94. The van der Waals surface area contributed by atoms with Crippen LogP contribution in [0.15, 0.2) is 83.8 Å². The van der Waals surface area contributed by atoms with E-state index in [1.165, 1.54) is 16.0 Å². The summed E-state index contributed by atoms with van der Waals surface area (Å²) in [4.78, 5) is 1.27. The van der Waals surface area contributed by atoms with Crippen molar-refractivity contribution in [2.75, 3.05) is 5.75 Å². The molecule has 0 aliphatic carbocycles. The number of aryl methyl sites for hydroxylation is 1. The second-order valence-corrected chi connectivity index (χ2v) is 7.29. The maximum absolute atomic E-state index is 6.10. The monoisotopic (exact) mass is 346 g/mol. The summed E-state index contributed by atoms with van der Waals surface area (Å²) in [7, 11) is -0.294. The SMILES string of the molecule is Cc1ccc(SCC(B2Oc3ccccc3O2)c2ccccc2)cc1. The molecule has 25 heavy (non-hydrogen) atoms. The van der Waals surface area contributed by atoms with Crippen molar-refractivity contribution in [3.63, 3.8) is 0 Å². The van der Waals surface area contributed by atoms with Gasteiger partial charge in [0.2, 0.25) is 0 Å². The van der Waals surface area contributed by atoms with Gasteiger partial charge in [0.15, 0.2) is 0 Å². The fourth-order valence-corrected chi connectivity index (χ4v) is 3.99. The average Bonchev–Trinajstić information content (AvgIpc) is 3.08. The Hall–Kier alpha value is -2.33. The van der Waals surface area contributed by atoms with Crippen molar-refractivity contribution in [3.05, 3.63) is 90.0 Å². The van der Waals surface area contributed by atoms with Gasteiger partial charge in [-0.05, 0) is 36.8 Å². The Morgan fingerprint density at radius 1 is 0.800 bits per heavy atom. The Labute approximate surface area is 153 Å². The standard InChI is InChI=1S/C21H19BO2S/c1-16-11-13-18(14-12-16)25-15-19(17-7-3-2-4-8-17)22-23-20-9-5-6-10-21(20)24-22/h2-14,19H,15H2,1H3. The topological polar surface area (TPSA) is 18.5 Å². The smallest absolute Gasteiger partial charge is 0.523 e. The van der Waals surface area contributed by atoms with Gasteiger partial charge in [0.25, 0.3) is 0 Å². The van der Waals surface area contributed by atoms with E-state index in [9.17, 15) is 0 Å². The third-order valence-electron chi connectivity index (χ3n) is 4.34. The highest BCUT2D eigenvalue weighted by Crippen LogP contribution is 2.38. The molecule has 0 spiro atoms. The molecule has 1 aliphatic rings. The molecule has 4 rings (SSSR count). The highest BCUT2D eigenvalue weighted by atomic mass is 32.2. The summed E-state index contributed by atoms with van der Waals surface area (Å²) >= 11 is 1.84. The summed E-state index contributed by atoms with van der Waals surface area (Å²) in [5.74, 6) is 2.70. The van der Waals surface area contributed by atoms with Gasteiger partial charge in [-0.2, -0.15) is 0 Å². The molecule has 3 aromatic carbocycles. The van der Waals surface area contributed by atoms with Crippen LogP contribution in [0, 0.1) is 6.92 Å². The largest absolute Gasteiger partial charge is 0.603 e. The second kappa shape index (κ2) is 7.28. The summed E-state index contributed by atoms with van der Waals surface area (Å²) in [6, 6.07) is 27.0. The van der Waals surface area contributed by atoms with E-state index in [0.717, 1.165) is 17.3 Å². The van der Waals surface area contributed by atoms with Crippen LogP contribution in [0.1, 0.15) is 16.9 Å². The van der Waals surface area contributed by atoms with Crippen molar-refractivity contribution in [2.45, 2.75) is 17.6 Å². The Bertz CT molecular complexity index is 811. The van der Waals surface area contributed by atoms with Gasteiger partial charge >= 0.3 is 7.12 Å². The first-order chi connectivity index (χ1) is 12.3. The molecule has 1 heterocycles. The van der Waals surface area contributed by atoms with Gasteiger partial charge in [0.1, 0.15) is 11.5 Å². The number of thioether (sulfide) groups is 1. The van der Waals surface area contributed by atoms with E-state index in [-0.39, 0.29) is 12.9 Å². The van der Waals surface area contributed by atoms with Crippen molar-refractivity contribution in [1.29, 1.82) is 0 Å². The van der Waals surface area contributed by atoms with Crippen molar-refractivity contribution < 1.29 is 9.31 Å². The number of para-hydroxylation sites is 2. The fraction of sp³-hybridized carbons (Fsp3) is 0.143. The Morgan fingerprint density at radius 2 is 1.40 bits per heavy atom. The first-order valence-corrected chi connectivity index (χ1v) is 9.45. The van der Waals surface area contributed by atoms with Crippen LogP contribution in [0.3, 0.4) is 0 Å². The lowest BCUT2D eigenvalue weighted by molar-refractivity contribution is 0.481. The predicted molar refractivity (Wildman–Crippen MR) is 105 cm³/mol. The molecule has 1 atom stereocenters. The van der Waals surface area contributed by atoms with Gasteiger partial charge in [-0.3, -0.25) is 0 Å². The Morgan fingerprint density at radius 3 is 2.04 bits per heavy atom. The predicted octanol–water partition coefficient (Wildman–Crippen LogP) is 5.37. The molecule has 1 aliphatic heterocycles. The molecule has 124 valence electrons. The molecule has 4 heteroatoms. The maximum atomic E-state index is 6.10. The van der Waals surface area contributed by atoms with Gasteiger partial charge < -0.3 is 9.31 Å². The molecule has 0 amide bonds. The Balaban J connectivity index is 1.54. The molecule has 3 aromatic rings. The molecule has 0 bridgehead atoms. The van der Waals surface area contributed by atoms with E-state index in [0.29, 0.717) is 0 Å². The first-order valence-electron chi connectivity index (χ1n) is 8.46. The van der Waals surface area contributed by atoms with E-state index >= 15 is 0 Å². The van der Waals surface area contributed by atoms with Crippen LogP contribution >= 0.6 is 11.8 Å². The zero-order valence-corrected chi connectivity index (χ0v) is 14.9. The third-order valence-corrected chi connectivity index (χ3v) is 5.47. The lowest BCUT2D eigenvalue weighted by atomic mass is 9.69. The van der Waals surface area contributed by atoms with Gasteiger partial charge in [-0.15, -0.1) is 11.8 Å². The molecule has 0 saturated carbocycles. The zero-order valence-electron chi connectivity index (χ0n) is 14.1.